The molecule has 1 N–H and O–H groups in total. The number of rotatable bonds is 5. The van der Waals surface area contributed by atoms with Gasteiger partial charge < -0.3 is 10.5 Å². The number of hydrogen-bond acceptors (Lipinski definition) is 4. The second kappa shape index (κ2) is 6.89. The van der Waals surface area contributed by atoms with Crippen molar-refractivity contribution >= 4 is 11.9 Å². The van der Waals surface area contributed by atoms with Gasteiger partial charge in [-0.25, -0.2) is 4.98 Å². The summed E-state index contributed by atoms with van der Waals surface area (Å²) in [6, 6.07) is 3.62. The van der Waals surface area contributed by atoms with E-state index in [9.17, 15) is 0 Å². The molecule has 5 heteroatoms. The van der Waals surface area contributed by atoms with Crippen molar-refractivity contribution in [3.05, 3.63) is 35.8 Å². The van der Waals surface area contributed by atoms with Crippen LogP contribution in [0.5, 0.6) is 5.88 Å². The van der Waals surface area contributed by atoms with Crippen LogP contribution >= 0.6 is 0 Å². The van der Waals surface area contributed by atoms with Crippen LogP contribution in [0.3, 0.4) is 0 Å². The minimum absolute atomic E-state index is 0.576. The van der Waals surface area contributed by atoms with Crippen molar-refractivity contribution in [1.29, 1.82) is 0 Å². The topological polar surface area (TPSA) is 61.5 Å². The van der Waals surface area contributed by atoms with E-state index in [2.05, 4.69) is 14.9 Å². The van der Waals surface area contributed by atoms with Crippen LogP contribution in [0, 0.1) is 0 Å². The molecule has 1 aliphatic rings. The lowest BCUT2D eigenvalue weighted by Crippen LogP contribution is -2.22. The average Bonchev–Trinajstić information content (AvgIpc) is 2.97. The molecule has 1 aromatic rings. The Bertz CT molecular complexity index is 447. The summed E-state index contributed by atoms with van der Waals surface area (Å²) in [5.74, 6) is 0.576. The van der Waals surface area contributed by atoms with Crippen LogP contribution in [0.1, 0.15) is 12.8 Å². The highest BCUT2D eigenvalue weighted by Gasteiger charge is 2.11. The Labute approximate surface area is 113 Å². The van der Waals surface area contributed by atoms with Gasteiger partial charge in [0.1, 0.15) is 0 Å². The van der Waals surface area contributed by atoms with Crippen LogP contribution in [-0.2, 0) is 0 Å². The van der Waals surface area contributed by atoms with E-state index < -0.39 is 0 Å². The van der Waals surface area contributed by atoms with Gasteiger partial charge in [-0.15, -0.1) is 0 Å². The van der Waals surface area contributed by atoms with E-state index in [1.54, 1.807) is 25.6 Å². The Morgan fingerprint density at radius 2 is 2.26 bits per heavy atom. The lowest BCUT2D eigenvalue weighted by molar-refractivity contribution is 0.373. The van der Waals surface area contributed by atoms with Crippen molar-refractivity contribution in [2.45, 2.75) is 12.8 Å². The number of nitrogens with zero attached hydrogens (tertiary/aromatic N) is 3. The number of ether oxygens (including phenoxy) is 1. The molecule has 0 radical (unpaired) electrons. The zero-order valence-electron chi connectivity index (χ0n) is 11.2. The molecule has 0 amide bonds. The Hall–Kier alpha value is -1.88. The molecule has 1 aromatic heterocycles. The first-order valence-electron chi connectivity index (χ1n) is 6.44. The molecule has 0 aromatic carbocycles. The summed E-state index contributed by atoms with van der Waals surface area (Å²) in [5, 5.41) is 0. The average molecular weight is 259 g/mol. The molecule has 0 aliphatic carbocycles. The van der Waals surface area contributed by atoms with Crippen LogP contribution in [-0.4, -0.2) is 42.8 Å². The fourth-order valence-electron chi connectivity index (χ4n) is 2.05. The molecular formula is C14H19N4O-. The van der Waals surface area contributed by atoms with E-state index in [1.807, 2.05) is 6.07 Å². The first-order chi connectivity index (χ1) is 9.31. The molecule has 0 saturated carbocycles. The van der Waals surface area contributed by atoms with Crippen molar-refractivity contribution < 1.29 is 4.74 Å². The largest absolute Gasteiger partial charge is 0.705 e. The maximum Gasteiger partial charge on any atom is 0.213 e. The van der Waals surface area contributed by atoms with Crippen LogP contribution in [0.2, 0.25) is 0 Å². The summed E-state index contributed by atoms with van der Waals surface area (Å²) >= 11 is 0. The lowest BCUT2D eigenvalue weighted by Gasteiger charge is -2.15. The lowest BCUT2D eigenvalue weighted by atomic mass is 10.3. The quantitative estimate of drug-likeness (QED) is 0.764. The molecule has 1 aliphatic heterocycles. The second-order valence-electron chi connectivity index (χ2n) is 4.52. The minimum Gasteiger partial charge on any atom is -0.705 e. The summed E-state index contributed by atoms with van der Waals surface area (Å²) < 4.78 is 4.99. The van der Waals surface area contributed by atoms with Crippen molar-refractivity contribution in [3.8, 4) is 5.88 Å². The number of nitrogens with one attached hydrogen (secondary N) is 1. The van der Waals surface area contributed by atoms with Crippen LogP contribution in [0.25, 0.3) is 5.73 Å². The van der Waals surface area contributed by atoms with Crippen LogP contribution in [0.4, 0.5) is 5.69 Å². The van der Waals surface area contributed by atoms with E-state index in [0.717, 1.165) is 30.9 Å². The highest BCUT2D eigenvalue weighted by atomic mass is 16.5. The van der Waals surface area contributed by atoms with Gasteiger partial charge in [-0.2, -0.15) is 6.20 Å². The van der Waals surface area contributed by atoms with Crippen molar-refractivity contribution in [2.75, 3.05) is 26.7 Å². The monoisotopic (exact) mass is 259 g/mol. The molecule has 0 atom stereocenters. The predicted molar refractivity (Wildman–Crippen MR) is 77.0 cm³/mol. The van der Waals surface area contributed by atoms with Gasteiger partial charge in [-0.3, -0.25) is 9.89 Å². The Morgan fingerprint density at radius 1 is 1.47 bits per heavy atom. The number of hydrogen-bond donors (Lipinski definition) is 0. The maximum absolute atomic E-state index is 7.44. The Kier molecular flexibility index (Phi) is 4.92. The van der Waals surface area contributed by atoms with Gasteiger partial charge in [-0.05, 0) is 37.6 Å². The number of methoxy groups -OCH3 is 1. The molecule has 5 nitrogen and oxygen atoms in total. The van der Waals surface area contributed by atoms with Gasteiger partial charge in [-0.1, -0.05) is 0 Å². The van der Waals surface area contributed by atoms with Crippen LogP contribution < -0.4 is 4.74 Å². The van der Waals surface area contributed by atoms with E-state index in [4.69, 9.17) is 10.5 Å². The minimum atomic E-state index is 0.576. The van der Waals surface area contributed by atoms with Gasteiger partial charge in [0, 0.05) is 18.8 Å². The van der Waals surface area contributed by atoms with Gasteiger partial charge >= 0.3 is 0 Å². The number of likely N-dealkylation sites (tertiary alicyclic amines) is 1. The molecule has 19 heavy (non-hydrogen) atoms. The molecule has 2 heterocycles. The summed E-state index contributed by atoms with van der Waals surface area (Å²) in [7, 11) is 1.59. The third kappa shape index (κ3) is 4.06. The summed E-state index contributed by atoms with van der Waals surface area (Å²) in [4.78, 5) is 10.8. The maximum atomic E-state index is 7.44. The standard InChI is InChI=1S/C14H19N4O/c1-19-14-5-4-13(10-17-14)16-9-12(8-15)11-18-6-2-3-7-18/h4-5,8-10,15H,2-3,6-7,11H2,1H3/q-1/b12-8+,16-9?. The van der Waals surface area contributed by atoms with Crippen molar-refractivity contribution in [3.63, 3.8) is 0 Å². The third-order valence-electron chi connectivity index (χ3n) is 3.10. The van der Waals surface area contributed by atoms with E-state index in [0.29, 0.717) is 5.88 Å². The summed E-state index contributed by atoms with van der Waals surface area (Å²) in [5.41, 5.74) is 9.12. The summed E-state index contributed by atoms with van der Waals surface area (Å²) in [6.07, 6.45) is 7.29. The predicted octanol–water partition coefficient (Wildman–Crippen LogP) is 2.82. The van der Waals surface area contributed by atoms with Gasteiger partial charge in [0.25, 0.3) is 0 Å². The highest BCUT2D eigenvalue weighted by Crippen LogP contribution is 2.15. The van der Waals surface area contributed by atoms with E-state index in [1.165, 1.54) is 19.0 Å². The molecule has 0 spiro atoms. The van der Waals surface area contributed by atoms with Gasteiger partial charge in [0.05, 0.1) is 19.0 Å². The fourth-order valence-corrected chi connectivity index (χ4v) is 2.05. The highest BCUT2D eigenvalue weighted by molar-refractivity contribution is 5.81. The second-order valence-corrected chi connectivity index (χ2v) is 4.52. The first-order valence-corrected chi connectivity index (χ1v) is 6.44. The van der Waals surface area contributed by atoms with E-state index >= 15 is 0 Å². The zero-order chi connectivity index (χ0) is 13.5. The molecule has 102 valence electrons. The zero-order valence-corrected chi connectivity index (χ0v) is 11.2. The molecule has 2 rings (SSSR count). The smallest absolute Gasteiger partial charge is 0.213 e. The summed E-state index contributed by atoms with van der Waals surface area (Å²) in [6.45, 7) is 3.04. The Morgan fingerprint density at radius 3 is 2.84 bits per heavy atom. The van der Waals surface area contributed by atoms with E-state index in [-0.39, 0.29) is 0 Å². The molecular weight excluding hydrogens is 240 g/mol. The number of pyridine rings is 1. The number of aromatic nitrogens is 1. The molecule has 1 fully saturated rings. The first kappa shape index (κ1) is 13.5. The molecule has 0 bridgehead atoms. The molecule has 1 saturated heterocycles. The van der Waals surface area contributed by atoms with Crippen LogP contribution in [0.15, 0.2) is 35.1 Å². The SMILES string of the molecule is COc1ccc(N=C/C(=C\[NH-])CN2CCCC2)cn1. The number of aliphatic imine (C=N–C) groups is 1. The third-order valence-corrected chi connectivity index (χ3v) is 3.10. The Balaban J connectivity index is 1.94. The van der Waals surface area contributed by atoms with Gasteiger partial charge in [0.2, 0.25) is 5.88 Å². The normalized spacial score (nSPS) is 17.2. The molecule has 0 unspecified atom stereocenters. The van der Waals surface area contributed by atoms with Gasteiger partial charge in [0.15, 0.2) is 0 Å². The van der Waals surface area contributed by atoms with Crippen molar-refractivity contribution in [1.82, 2.24) is 9.88 Å². The fraction of sp³-hybridized carbons (Fsp3) is 0.429. The van der Waals surface area contributed by atoms with Crippen molar-refractivity contribution in [2.24, 2.45) is 4.99 Å².